The van der Waals surface area contributed by atoms with Crippen LogP contribution >= 0.6 is 0 Å². The Kier molecular flexibility index (Phi) is 4.21. The van der Waals surface area contributed by atoms with E-state index in [1.807, 2.05) is 13.8 Å². The second-order valence-corrected chi connectivity index (χ2v) is 5.70. The second-order valence-electron chi connectivity index (χ2n) is 5.70. The lowest BCUT2D eigenvalue weighted by atomic mass is 9.79. The minimum absolute atomic E-state index is 0.0271. The number of hydrogen-bond acceptors (Lipinski definition) is 2. The number of hydrogen-bond donors (Lipinski definition) is 2. The van der Waals surface area contributed by atoms with Gasteiger partial charge in [0.1, 0.15) is 0 Å². The van der Waals surface area contributed by atoms with Gasteiger partial charge in [0, 0.05) is 18.9 Å². The average molecular weight is 268 g/mol. The minimum Gasteiger partial charge on any atom is -0.271 e. The summed E-state index contributed by atoms with van der Waals surface area (Å²) in [6.07, 6.45) is 0.992. The van der Waals surface area contributed by atoms with Crippen molar-refractivity contribution in [2.75, 3.05) is 0 Å². The zero-order valence-corrected chi connectivity index (χ0v) is 11.5. The SMILES string of the molecule is Cc1ccc(C)c(C(NN)C2CCC(F)(F)CC2)c1. The molecule has 1 fully saturated rings. The van der Waals surface area contributed by atoms with Gasteiger partial charge in [-0.2, -0.15) is 0 Å². The van der Waals surface area contributed by atoms with Crippen LogP contribution in [0.2, 0.25) is 0 Å². The Morgan fingerprint density at radius 2 is 1.89 bits per heavy atom. The molecule has 1 atom stereocenters. The fourth-order valence-electron chi connectivity index (χ4n) is 2.97. The van der Waals surface area contributed by atoms with E-state index in [9.17, 15) is 8.78 Å². The summed E-state index contributed by atoms with van der Waals surface area (Å²) < 4.78 is 26.5. The summed E-state index contributed by atoms with van der Waals surface area (Å²) >= 11 is 0. The van der Waals surface area contributed by atoms with Crippen molar-refractivity contribution < 1.29 is 8.78 Å². The predicted molar refractivity (Wildman–Crippen MR) is 72.9 cm³/mol. The molecule has 0 bridgehead atoms. The molecule has 0 amide bonds. The van der Waals surface area contributed by atoms with Crippen molar-refractivity contribution in [1.82, 2.24) is 5.43 Å². The zero-order chi connectivity index (χ0) is 14.0. The van der Waals surface area contributed by atoms with Gasteiger partial charge in [-0.05, 0) is 43.7 Å². The average Bonchev–Trinajstić information content (AvgIpc) is 2.36. The maximum Gasteiger partial charge on any atom is 0.248 e. The van der Waals surface area contributed by atoms with Crippen LogP contribution in [0.25, 0.3) is 0 Å². The quantitative estimate of drug-likeness (QED) is 0.649. The van der Waals surface area contributed by atoms with E-state index in [4.69, 9.17) is 5.84 Å². The van der Waals surface area contributed by atoms with Gasteiger partial charge < -0.3 is 0 Å². The number of nitrogens with two attached hydrogens (primary N) is 1. The second kappa shape index (κ2) is 5.55. The van der Waals surface area contributed by atoms with E-state index in [0.29, 0.717) is 12.8 Å². The van der Waals surface area contributed by atoms with Gasteiger partial charge in [-0.1, -0.05) is 23.8 Å². The largest absolute Gasteiger partial charge is 0.271 e. The van der Waals surface area contributed by atoms with Crippen molar-refractivity contribution in [3.05, 3.63) is 34.9 Å². The molecule has 4 heteroatoms. The maximum absolute atomic E-state index is 13.2. The zero-order valence-electron chi connectivity index (χ0n) is 11.5. The van der Waals surface area contributed by atoms with Gasteiger partial charge in [0.15, 0.2) is 0 Å². The van der Waals surface area contributed by atoms with Gasteiger partial charge >= 0.3 is 0 Å². The summed E-state index contributed by atoms with van der Waals surface area (Å²) in [6.45, 7) is 4.07. The number of nitrogens with one attached hydrogen (secondary N) is 1. The fraction of sp³-hybridized carbons (Fsp3) is 0.600. The van der Waals surface area contributed by atoms with E-state index in [2.05, 4.69) is 23.6 Å². The van der Waals surface area contributed by atoms with Crippen molar-refractivity contribution in [3.8, 4) is 0 Å². The van der Waals surface area contributed by atoms with Crippen LogP contribution < -0.4 is 11.3 Å². The molecular weight excluding hydrogens is 246 g/mol. The number of hydrazine groups is 1. The molecule has 1 aliphatic rings. The molecule has 0 aromatic heterocycles. The molecule has 3 N–H and O–H groups in total. The first-order chi connectivity index (χ1) is 8.93. The molecule has 0 heterocycles. The molecule has 19 heavy (non-hydrogen) atoms. The summed E-state index contributed by atoms with van der Waals surface area (Å²) in [5.74, 6) is 3.38. The lowest BCUT2D eigenvalue weighted by Gasteiger charge is -2.34. The number of aryl methyl sites for hydroxylation is 2. The third-order valence-corrected chi connectivity index (χ3v) is 4.18. The van der Waals surface area contributed by atoms with Gasteiger partial charge in [-0.15, -0.1) is 0 Å². The van der Waals surface area contributed by atoms with E-state index < -0.39 is 5.92 Å². The number of halogens is 2. The van der Waals surface area contributed by atoms with Crippen LogP contribution in [0.1, 0.15) is 48.4 Å². The van der Waals surface area contributed by atoms with Gasteiger partial charge in [-0.3, -0.25) is 11.3 Å². The highest BCUT2D eigenvalue weighted by molar-refractivity contribution is 5.33. The maximum atomic E-state index is 13.2. The van der Waals surface area contributed by atoms with Gasteiger partial charge in [-0.25, -0.2) is 8.78 Å². The molecule has 0 radical (unpaired) electrons. The van der Waals surface area contributed by atoms with Crippen LogP contribution in [0.15, 0.2) is 18.2 Å². The van der Waals surface area contributed by atoms with Gasteiger partial charge in [0.05, 0.1) is 0 Å². The summed E-state index contributed by atoms with van der Waals surface area (Å²) in [5, 5.41) is 0. The lowest BCUT2D eigenvalue weighted by molar-refractivity contribution is -0.0498. The molecule has 1 saturated carbocycles. The third-order valence-electron chi connectivity index (χ3n) is 4.18. The third kappa shape index (κ3) is 3.31. The van der Waals surface area contributed by atoms with Crippen LogP contribution in [-0.4, -0.2) is 5.92 Å². The fourth-order valence-corrected chi connectivity index (χ4v) is 2.97. The first-order valence-electron chi connectivity index (χ1n) is 6.84. The Morgan fingerprint density at radius 1 is 1.26 bits per heavy atom. The van der Waals surface area contributed by atoms with Crippen LogP contribution in [0, 0.1) is 19.8 Å². The van der Waals surface area contributed by atoms with Crippen molar-refractivity contribution in [1.29, 1.82) is 0 Å². The number of benzene rings is 1. The summed E-state index contributed by atoms with van der Waals surface area (Å²) in [6, 6.07) is 6.19. The topological polar surface area (TPSA) is 38.0 Å². The summed E-state index contributed by atoms with van der Waals surface area (Å²) in [7, 11) is 0. The molecule has 0 spiro atoms. The van der Waals surface area contributed by atoms with Crippen molar-refractivity contribution >= 4 is 0 Å². The van der Waals surface area contributed by atoms with Crippen LogP contribution in [0.4, 0.5) is 8.78 Å². The Morgan fingerprint density at radius 3 is 2.47 bits per heavy atom. The van der Waals surface area contributed by atoms with Crippen LogP contribution in [0.3, 0.4) is 0 Å². The highest BCUT2D eigenvalue weighted by atomic mass is 19.3. The molecule has 1 aliphatic carbocycles. The predicted octanol–water partition coefficient (Wildman–Crippen LogP) is 3.63. The molecule has 0 saturated heterocycles. The molecule has 2 rings (SSSR count). The number of rotatable bonds is 3. The van der Waals surface area contributed by atoms with Crippen molar-refractivity contribution in [2.24, 2.45) is 11.8 Å². The smallest absolute Gasteiger partial charge is 0.248 e. The molecule has 2 nitrogen and oxygen atoms in total. The first kappa shape index (κ1) is 14.4. The lowest BCUT2D eigenvalue weighted by Crippen LogP contribution is -2.37. The standard InChI is InChI=1S/C15H22F2N2/c1-10-3-4-11(2)13(9-10)14(19-18)12-5-7-15(16,17)8-6-12/h3-4,9,12,14,19H,5-8,18H2,1-2H3. The van der Waals surface area contributed by atoms with Crippen LogP contribution in [-0.2, 0) is 0 Å². The number of alkyl halides is 2. The van der Waals surface area contributed by atoms with Crippen molar-refractivity contribution in [2.45, 2.75) is 51.5 Å². The van der Waals surface area contributed by atoms with Crippen molar-refractivity contribution in [3.63, 3.8) is 0 Å². The van der Waals surface area contributed by atoms with Crippen LogP contribution in [0.5, 0.6) is 0 Å². The molecule has 1 aromatic carbocycles. The highest BCUT2D eigenvalue weighted by Gasteiger charge is 2.38. The Balaban J connectivity index is 2.18. The van der Waals surface area contributed by atoms with E-state index in [1.54, 1.807) is 0 Å². The van der Waals surface area contributed by atoms with E-state index in [0.717, 1.165) is 11.1 Å². The van der Waals surface area contributed by atoms with Gasteiger partial charge in [0.25, 0.3) is 0 Å². The minimum atomic E-state index is -2.49. The normalized spacial score (nSPS) is 21.3. The summed E-state index contributed by atoms with van der Waals surface area (Å²) in [4.78, 5) is 0. The monoisotopic (exact) mass is 268 g/mol. The molecule has 1 unspecified atom stereocenters. The van der Waals surface area contributed by atoms with E-state index in [1.165, 1.54) is 5.56 Å². The Bertz CT molecular complexity index is 436. The summed E-state index contributed by atoms with van der Waals surface area (Å²) in [5.41, 5.74) is 6.30. The molecular formula is C15H22F2N2. The van der Waals surface area contributed by atoms with E-state index >= 15 is 0 Å². The van der Waals surface area contributed by atoms with E-state index in [-0.39, 0.29) is 24.8 Å². The molecule has 106 valence electrons. The van der Waals surface area contributed by atoms with Gasteiger partial charge in [0.2, 0.25) is 5.92 Å². The Hall–Kier alpha value is -1.00. The first-order valence-corrected chi connectivity index (χ1v) is 6.84. The Labute approximate surface area is 113 Å². The highest BCUT2D eigenvalue weighted by Crippen LogP contribution is 2.41. The molecule has 0 aliphatic heterocycles. The molecule has 1 aromatic rings.